The Labute approximate surface area is 175 Å². The summed E-state index contributed by atoms with van der Waals surface area (Å²) in [4.78, 5) is 38.9. The SMILES string of the molecule is CCOc1cc(Cl)c(C=C2C(=O)NC(=O)N(C3CCCCC3)C2=O)cc1OCC. The monoisotopic (exact) mass is 420 g/mol. The summed E-state index contributed by atoms with van der Waals surface area (Å²) in [6.45, 7) is 4.55. The van der Waals surface area contributed by atoms with Gasteiger partial charge in [0.15, 0.2) is 11.5 Å². The third kappa shape index (κ3) is 4.56. The van der Waals surface area contributed by atoms with E-state index in [9.17, 15) is 14.4 Å². The van der Waals surface area contributed by atoms with Crippen LogP contribution in [-0.4, -0.2) is 42.0 Å². The van der Waals surface area contributed by atoms with Crippen molar-refractivity contribution in [1.29, 1.82) is 0 Å². The van der Waals surface area contributed by atoms with Crippen LogP contribution in [0.2, 0.25) is 5.02 Å². The molecule has 2 fully saturated rings. The second-order valence-electron chi connectivity index (χ2n) is 6.97. The second kappa shape index (κ2) is 9.31. The van der Waals surface area contributed by atoms with Crippen molar-refractivity contribution >= 4 is 35.5 Å². The van der Waals surface area contributed by atoms with Crippen LogP contribution in [0.1, 0.15) is 51.5 Å². The van der Waals surface area contributed by atoms with Crippen molar-refractivity contribution in [1.82, 2.24) is 10.2 Å². The smallest absolute Gasteiger partial charge is 0.331 e. The Morgan fingerprint density at radius 3 is 2.31 bits per heavy atom. The molecule has 0 atom stereocenters. The minimum Gasteiger partial charge on any atom is -0.490 e. The van der Waals surface area contributed by atoms with Gasteiger partial charge in [-0.3, -0.25) is 19.8 Å². The van der Waals surface area contributed by atoms with E-state index in [2.05, 4.69) is 5.32 Å². The van der Waals surface area contributed by atoms with Crippen LogP contribution < -0.4 is 14.8 Å². The highest BCUT2D eigenvalue weighted by Crippen LogP contribution is 2.35. The fourth-order valence-electron chi connectivity index (χ4n) is 3.70. The number of nitrogens with zero attached hydrogens (tertiary/aromatic N) is 1. The lowest BCUT2D eigenvalue weighted by molar-refractivity contribution is -0.132. The summed E-state index contributed by atoms with van der Waals surface area (Å²) >= 11 is 6.36. The molecule has 7 nitrogen and oxygen atoms in total. The number of barbiturate groups is 1. The molecule has 1 heterocycles. The summed E-state index contributed by atoms with van der Waals surface area (Å²) in [6, 6.07) is 2.38. The number of hydrogen-bond donors (Lipinski definition) is 1. The van der Waals surface area contributed by atoms with Crippen molar-refractivity contribution < 1.29 is 23.9 Å². The van der Waals surface area contributed by atoms with Gasteiger partial charge in [-0.2, -0.15) is 0 Å². The van der Waals surface area contributed by atoms with Crippen molar-refractivity contribution in [2.24, 2.45) is 0 Å². The maximum atomic E-state index is 13.0. The zero-order chi connectivity index (χ0) is 21.0. The van der Waals surface area contributed by atoms with Crippen LogP contribution in [0.5, 0.6) is 11.5 Å². The van der Waals surface area contributed by atoms with Gasteiger partial charge in [0.05, 0.1) is 18.2 Å². The topological polar surface area (TPSA) is 84.9 Å². The van der Waals surface area contributed by atoms with Crippen LogP contribution in [0, 0.1) is 0 Å². The highest BCUT2D eigenvalue weighted by Gasteiger charge is 2.40. The molecule has 3 rings (SSSR count). The van der Waals surface area contributed by atoms with Gasteiger partial charge in [-0.05, 0) is 44.4 Å². The maximum absolute atomic E-state index is 13.0. The number of carbonyl (C=O) groups is 3. The summed E-state index contributed by atoms with van der Waals surface area (Å²) in [7, 11) is 0. The molecule has 0 unspecified atom stereocenters. The average molecular weight is 421 g/mol. The first-order valence-corrected chi connectivity index (χ1v) is 10.3. The van der Waals surface area contributed by atoms with Crippen molar-refractivity contribution in [3.05, 3.63) is 28.3 Å². The Balaban J connectivity index is 1.97. The first-order chi connectivity index (χ1) is 14.0. The molecule has 8 heteroatoms. The standard InChI is InChI=1S/C21H25ClN2O5/c1-3-28-17-11-13(16(22)12-18(17)29-4-2)10-15-19(25)23-21(27)24(20(15)26)14-8-6-5-7-9-14/h10-12,14H,3-9H2,1-2H3,(H,23,25,27). The number of benzene rings is 1. The quantitative estimate of drug-likeness (QED) is 0.556. The second-order valence-corrected chi connectivity index (χ2v) is 7.38. The summed E-state index contributed by atoms with van der Waals surface area (Å²) in [6.07, 6.45) is 5.90. The number of imide groups is 2. The average Bonchev–Trinajstić information content (AvgIpc) is 2.69. The van der Waals surface area contributed by atoms with E-state index in [4.69, 9.17) is 21.1 Å². The fourth-order valence-corrected chi connectivity index (χ4v) is 3.90. The van der Waals surface area contributed by atoms with Crippen molar-refractivity contribution in [2.45, 2.75) is 52.0 Å². The molecule has 156 valence electrons. The van der Waals surface area contributed by atoms with Gasteiger partial charge in [0, 0.05) is 12.1 Å². The van der Waals surface area contributed by atoms with E-state index in [0.717, 1.165) is 32.1 Å². The molecule has 1 aliphatic carbocycles. The molecule has 1 aromatic rings. The molecular formula is C21H25ClN2O5. The zero-order valence-electron chi connectivity index (χ0n) is 16.6. The Morgan fingerprint density at radius 2 is 1.69 bits per heavy atom. The molecule has 0 bridgehead atoms. The van der Waals surface area contributed by atoms with Crippen LogP contribution in [0.25, 0.3) is 6.08 Å². The Bertz CT molecular complexity index is 846. The zero-order valence-corrected chi connectivity index (χ0v) is 17.4. The molecule has 1 aromatic carbocycles. The third-order valence-corrected chi connectivity index (χ3v) is 5.36. The van der Waals surface area contributed by atoms with E-state index in [1.807, 2.05) is 13.8 Å². The lowest BCUT2D eigenvalue weighted by Gasteiger charge is -2.35. The minimum absolute atomic E-state index is 0.122. The normalized spacial score (nSPS) is 19.5. The lowest BCUT2D eigenvalue weighted by Crippen LogP contribution is -2.58. The van der Waals surface area contributed by atoms with E-state index >= 15 is 0 Å². The van der Waals surface area contributed by atoms with Crippen molar-refractivity contribution in [2.75, 3.05) is 13.2 Å². The van der Waals surface area contributed by atoms with Gasteiger partial charge in [-0.15, -0.1) is 0 Å². The number of nitrogens with one attached hydrogen (secondary N) is 1. The summed E-state index contributed by atoms with van der Waals surface area (Å²) in [5.74, 6) is -0.363. The molecule has 0 spiro atoms. The predicted molar refractivity (Wildman–Crippen MR) is 109 cm³/mol. The molecular weight excluding hydrogens is 396 g/mol. The number of carbonyl (C=O) groups excluding carboxylic acids is 3. The largest absolute Gasteiger partial charge is 0.490 e. The molecule has 4 amide bonds. The van der Waals surface area contributed by atoms with Crippen molar-refractivity contribution in [3.8, 4) is 11.5 Å². The number of rotatable bonds is 6. The van der Waals surface area contributed by atoms with Gasteiger partial charge in [-0.25, -0.2) is 4.79 Å². The summed E-state index contributed by atoms with van der Waals surface area (Å²) < 4.78 is 11.1. The molecule has 2 aliphatic rings. The summed E-state index contributed by atoms with van der Waals surface area (Å²) in [5, 5.41) is 2.59. The van der Waals surface area contributed by atoms with Gasteiger partial charge in [0.2, 0.25) is 0 Å². The predicted octanol–water partition coefficient (Wildman–Crippen LogP) is 3.93. The van der Waals surface area contributed by atoms with Crippen LogP contribution in [0.15, 0.2) is 17.7 Å². The number of ether oxygens (including phenoxy) is 2. The van der Waals surface area contributed by atoms with Gasteiger partial charge in [0.1, 0.15) is 5.57 Å². The fraction of sp³-hybridized carbons (Fsp3) is 0.476. The first-order valence-electron chi connectivity index (χ1n) is 9.96. The van der Waals surface area contributed by atoms with E-state index < -0.39 is 17.8 Å². The van der Waals surface area contributed by atoms with E-state index in [1.165, 1.54) is 11.0 Å². The van der Waals surface area contributed by atoms with Crippen LogP contribution in [-0.2, 0) is 9.59 Å². The number of hydrogen-bond acceptors (Lipinski definition) is 5. The molecule has 1 saturated carbocycles. The highest BCUT2D eigenvalue weighted by molar-refractivity contribution is 6.34. The minimum atomic E-state index is -0.727. The third-order valence-electron chi connectivity index (χ3n) is 5.04. The van der Waals surface area contributed by atoms with Gasteiger partial charge >= 0.3 is 6.03 Å². The number of amides is 4. The van der Waals surface area contributed by atoms with Crippen LogP contribution in [0.4, 0.5) is 4.79 Å². The number of halogens is 1. The number of urea groups is 1. The summed E-state index contributed by atoms with van der Waals surface area (Å²) in [5.41, 5.74) is 0.318. The molecule has 1 N–H and O–H groups in total. The van der Waals surface area contributed by atoms with E-state index in [-0.39, 0.29) is 11.6 Å². The molecule has 0 aromatic heterocycles. The van der Waals surface area contributed by atoms with E-state index in [0.29, 0.717) is 35.3 Å². The molecule has 0 radical (unpaired) electrons. The molecule has 1 saturated heterocycles. The van der Waals surface area contributed by atoms with Crippen LogP contribution >= 0.6 is 11.6 Å². The molecule has 29 heavy (non-hydrogen) atoms. The Morgan fingerprint density at radius 1 is 1.07 bits per heavy atom. The first kappa shape index (κ1) is 21.2. The Hall–Kier alpha value is -2.54. The van der Waals surface area contributed by atoms with Gasteiger partial charge < -0.3 is 9.47 Å². The van der Waals surface area contributed by atoms with E-state index in [1.54, 1.807) is 12.1 Å². The van der Waals surface area contributed by atoms with Crippen LogP contribution in [0.3, 0.4) is 0 Å². The van der Waals surface area contributed by atoms with Crippen molar-refractivity contribution in [3.63, 3.8) is 0 Å². The Kier molecular flexibility index (Phi) is 6.79. The lowest BCUT2D eigenvalue weighted by atomic mass is 9.93. The molecule has 1 aliphatic heterocycles. The van der Waals surface area contributed by atoms with Gasteiger partial charge in [-0.1, -0.05) is 30.9 Å². The van der Waals surface area contributed by atoms with Gasteiger partial charge in [0.25, 0.3) is 11.8 Å². The highest BCUT2D eigenvalue weighted by atomic mass is 35.5. The maximum Gasteiger partial charge on any atom is 0.331 e.